The molecule has 0 saturated heterocycles. The molecule has 10 nitrogen and oxygen atoms in total. The molecule has 8 N–H and O–H groups in total. The highest BCUT2D eigenvalue weighted by Gasteiger charge is 2.17. The van der Waals surface area contributed by atoms with Crippen LogP contribution in [-0.4, -0.2) is 31.6 Å². The molecular formula is C37H42N6O4. The quantitative estimate of drug-likeness (QED) is 0.130. The standard InChI is InChI=1S/C19H20N2O2.C10H10N2O.C8H12N2O/c1-11-10-12(2)20-19(23)14(11)8-9-17(22)18-13(3)21-16-7-5-4-6-15(16)18;1-6-9(10(11)13)7-4-2-3-5-8(7)12-6;1-5-3-6(2)10-8(11)7(5)4-9/h4-7,10,21H,8-9H2,1-3H3,(H,20,23);2-5,12H,1H3,(H2,11,13);3H,4,9H2,1-2H3,(H,10,11). The number of nitrogens with one attached hydrogen (secondary N) is 4. The molecule has 0 bridgehead atoms. The smallest absolute Gasteiger partial charge is 0.252 e. The average molecular weight is 635 g/mol. The lowest BCUT2D eigenvalue weighted by atomic mass is 9.99. The average Bonchev–Trinajstić information content (AvgIpc) is 3.52. The van der Waals surface area contributed by atoms with E-state index in [1.54, 1.807) is 0 Å². The Labute approximate surface area is 272 Å². The van der Waals surface area contributed by atoms with Gasteiger partial charge in [0.1, 0.15) is 0 Å². The molecular weight excluding hydrogens is 592 g/mol. The van der Waals surface area contributed by atoms with Gasteiger partial charge >= 0.3 is 0 Å². The Balaban J connectivity index is 0.000000176. The van der Waals surface area contributed by atoms with Crippen molar-refractivity contribution in [2.24, 2.45) is 11.5 Å². The van der Waals surface area contributed by atoms with Gasteiger partial charge in [-0.05, 0) is 83.4 Å². The number of fused-ring (bicyclic) bond motifs is 2. The topological polar surface area (TPSA) is 183 Å². The van der Waals surface area contributed by atoms with Gasteiger partial charge in [-0.1, -0.05) is 36.4 Å². The fraction of sp³-hybridized carbons (Fsp3) is 0.243. The van der Waals surface area contributed by atoms with Crippen molar-refractivity contribution in [3.05, 3.63) is 138 Å². The zero-order valence-electron chi connectivity index (χ0n) is 27.7. The van der Waals surface area contributed by atoms with Crippen molar-refractivity contribution < 1.29 is 9.59 Å². The Kier molecular flexibility index (Phi) is 10.8. The van der Waals surface area contributed by atoms with E-state index < -0.39 is 0 Å². The number of nitrogens with two attached hydrogens (primary N) is 2. The number of pyridine rings is 2. The number of benzene rings is 2. The van der Waals surface area contributed by atoms with E-state index in [-0.39, 0.29) is 22.8 Å². The summed E-state index contributed by atoms with van der Waals surface area (Å²) < 4.78 is 0. The highest BCUT2D eigenvalue weighted by atomic mass is 16.1. The van der Waals surface area contributed by atoms with Crippen molar-refractivity contribution in [2.45, 2.75) is 60.9 Å². The van der Waals surface area contributed by atoms with Crippen molar-refractivity contribution in [2.75, 3.05) is 0 Å². The molecule has 4 heterocycles. The first-order valence-electron chi connectivity index (χ1n) is 15.4. The van der Waals surface area contributed by atoms with Gasteiger partial charge in [-0.25, -0.2) is 0 Å². The molecule has 0 fully saturated rings. The predicted octanol–water partition coefficient (Wildman–Crippen LogP) is 5.62. The zero-order chi connectivity index (χ0) is 34.4. The van der Waals surface area contributed by atoms with Crippen molar-refractivity contribution >= 4 is 33.5 Å². The molecule has 0 atom stereocenters. The number of aromatic nitrogens is 4. The first-order chi connectivity index (χ1) is 22.3. The van der Waals surface area contributed by atoms with Crippen LogP contribution < -0.4 is 22.6 Å². The first-order valence-corrected chi connectivity index (χ1v) is 15.4. The summed E-state index contributed by atoms with van der Waals surface area (Å²) in [5, 5.41) is 1.84. The van der Waals surface area contributed by atoms with Crippen molar-refractivity contribution in [1.29, 1.82) is 0 Å². The first kappa shape index (κ1) is 34.4. The Bertz CT molecular complexity index is 2200. The number of carbonyl (C=O) groups excluding carboxylic acids is 2. The van der Waals surface area contributed by atoms with E-state index in [0.717, 1.165) is 61.3 Å². The largest absolute Gasteiger partial charge is 0.366 e. The number of ketones is 1. The molecule has 0 spiro atoms. The third-order valence-electron chi connectivity index (χ3n) is 8.11. The molecule has 10 heteroatoms. The molecule has 0 aliphatic heterocycles. The summed E-state index contributed by atoms with van der Waals surface area (Å²) in [5.74, 6) is -0.311. The number of rotatable bonds is 6. The number of amides is 1. The van der Waals surface area contributed by atoms with Crippen LogP contribution in [0, 0.1) is 41.5 Å². The van der Waals surface area contributed by atoms with Crippen LogP contribution in [0.4, 0.5) is 0 Å². The molecule has 6 rings (SSSR count). The Hall–Kier alpha value is -5.48. The van der Waals surface area contributed by atoms with Crippen LogP contribution in [0.25, 0.3) is 21.8 Å². The highest BCUT2D eigenvalue weighted by molar-refractivity contribution is 6.09. The molecule has 0 aliphatic rings. The van der Waals surface area contributed by atoms with E-state index >= 15 is 0 Å². The molecule has 47 heavy (non-hydrogen) atoms. The van der Waals surface area contributed by atoms with E-state index in [1.807, 2.05) is 102 Å². The Morgan fingerprint density at radius 2 is 1.09 bits per heavy atom. The van der Waals surface area contributed by atoms with Crippen LogP contribution in [0.15, 0.2) is 70.3 Å². The van der Waals surface area contributed by atoms with Crippen molar-refractivity contribution in [3.63, 3.8) is 0 Å². The van der Waals surface area contributed by atoms with Gasteiger partial charge in [-0.3, -0.25) is 19.2 Å². The minimum absolute atomic E-state index is 0.0648. The van der Waals surface area contributed by atoms with Gasteiger partial charge in [0.15, 0.2) is 5.78 Å². The lowest BCUT2D eigenvalue weighted by Gasteiger charge is -2.06. The lowest BCUT2D eigenvalue weighted by Crippen LogP contribution is -2.18. The van der Waals surface area contributed by atoms with E-state index in [0.29, 0.717) is 36.1 Å². The molecule has 4 aromatic heterocycles. The summed E-state index contributed by atoms with van der Waals surface area (Å²) in [4.78, 5) is 58.8. The van der Waals surface area contributed by atoms with Crippen LogP contribution in [0.3, 0.4) is 0 Å². The van der Waals surface area contributed by atoms with Crippen LogP contribution in [-0.2, 0) is 13.0 Å². The summed E-state index contributed by atoms with van der Waals surface area (Å²) >= 11 is 0. The lowest BCUT2D eigenvalue weighted by molar-refractivity contribution is 0.0980. The maximum Gasteiger partial charge on any atom is 0.252 e. The maximum atomic E-state index is 12.7. The Morgan fingerprint density at radius 3 is 1.55 bits per heavy atom. The fourth-order valence-corrected chi connectivity index (χ4v) is 5.92. The number of Topliss-reactive ketones (excluding diaryl/α,β-unsaturated/α-hetero) is 1. The van der Waals surface area contributed by atoms with Crippen molar-refractivity contribution in [3.8, 4) is 0 Å². The number of H-pyrrole nitrogens is 4. The van der Waals surface area contributed by atoms with E-state index in [4.69, 9.17) is 11.5 Å². The van der Waals surface area contributed by atoms with E-state index in [9.17, 15) is 19.2 Å². The maximum absolute atomic E-state index is 12.7. The number of aromatic amines is 4. The number of hydrogen-bond acceptors (Lipinski definition) is 5. The molecule has 244 valence electrons. The normalized spacial score (nSPS) is 10.7. The van der Waals surface area contributed by atoms with Crippen LogP contribution in [0.1, 0.15) is 72.2 Å². The minimum atomic E-state index is -0.380. The van der Waals surface area contributed by atoms with Gasteiger partial charge in [0.05, 0.1) is 5.56 Å². The summed E-state index contributed by atoms with van der Waals surface area (Å²) in [5.41, 5.74) is 20.5. The van der Waals surface area contributed by atoms with Gasteiger partial charge in [-0.2, -0.15) is 0 Å². The van der Waals surface area contributed by atoms with Gasteiger partial charge < -0.3 is 31.4 Å². The van der Waals surface area contributed by atoms with Gasteiger partial charge in [0, 0.05) is 74.2 Å². The second kappa shape index (κ2) is 14.7. The summed E-state index contributed by atoms with van der Waals surface area (Å²) in [6.45, 7) is 11.6. The molecule has 0 radical (unpaired) electrons. The predicted molar refractivity (Wildman–Crippen MR) is 188 cm³/mol. The van der Waals surface area contributed by atoms with E-state index in [1.165, 1.54) is 0 Å². The Morgan fingerprint density at radius 1 is 0.638 bits per heavy atom. The SMILES string of the molecule is Cc1[nH]c2ccccc2c1C(N)=O.Cc1cc(C)c(CCC(=O)c2c(C)[nH]c3ccccc23)c(=O)[nH]1.Cc1cc(C)c(CN)c(=O)[nH]1. The number of carbonyl (C=O) groups is 2. The molecule has 0 unspecified atom stereocenters. The summed E-state index contributed by atoms with van der Waals surface area (Å²) in [7, 11) is 0. The fourth-order valence-electron chi connectivity index (χ4n) is 5.92. The third kappa shape index (κ3) is 7.85. The van der Waals surface area contributed by atoms with Gasteiger partial charge in [-0.15, -0.1) is 0 Å². The second-order valence-corrected chi connectivity index (χ2v) is 11.7. The number of aryl methyl sites for hydroxylation is 6. The molecule has 0 saturated carbocycles. The van der Waals surface area contributed by atoms with Gasteiger partial charge in [0.25, 0.3) is 17.0 Å². The number of primary amides is 1. The van der Waals surface area contributed by atoms with Crippen LogP contribution in [0.5, 0.6) is 0 Å². The molecule has 1 amide bonds. The second-order valence-electron chi connectivity index (χ2n) is 11.7. The number of para-hydroxylation sites is 2. The van der Waals surface area contributed by atoms with Crippen molar-refractivity contribution in [1.82, 2.24) is 19.9 Å². The summed E-state index contributed by atoms with van der Waals surface area (Å²) in [6.07, 6.45) is 0.787. The van der Waals surface area contributed by atoms with Crippen LogP contribution >= 0.6 is 0 Å². The summed E-state index contributed by atoms with van der Waals surface area (Å²) in [6, 6.07) is 19.3. The molecule has 2 aromatic carbocycles. The minimum Gasteiger partial charge on any atom is -0.366 e. The monoisotopic (exact) mass is 634 g/mol. The third-order valence-corrected chi connectivity index (χ3v) is 8.11. The molecule has 6 aromatic rings. The zero-order valence-corrected chi connectivity index (χ0v) is 27.7. The van der Waals surface area contributed by atoms with Crippen LogP contribution in [0.2, 0.25) is 0 Å². The highest BCUT2D eigenvalue weighted by Crippen LogP contribution is 2.24. The van der Waals surface area contributed by atoms with E-state index in [2.05, 4.69) is 19.9 Å². The van der Waals surface area contributed by atoms with Gasteiger partial charge in [0.2, 0.25) is 0 Å². The number of hydrogen-bond donors (Lipinski definition) is 6. The molecule has 0 aliphatic carbocycles.